The highest BCUT2D eigenvalue weighted by atomic mass is 16.6. The summed E-state index contributed by atoms with van der Waals surface area (Å²) in [6.07, 6.45) is -0.831. The van der Waals surface area contributed by atoms with Gasteiger partial charge in [0, 0.05) is 0 Å². The average molecular weight is 452 g/mol. The zero-order valence-corrected chi connectivity index (χ0v) is 19.1. The van der Waals surface area contributed by atoms with Crippen LogP contribution in [0.25, 0.3) is 0 Å². The largest absolute Gasteiger partial charge is 0.453 e. The van der Waals surface area contributed by atoms with Crippen LogP contribution in [0.1, 0.15) is 38.3 Å². The molecule has 1 amide bonds. The fraction of sp³-hybridized carbons (Fsp3) is 0.385. The summed E-state index contributed by atoms with van der Waals surface area (Å²) >= 11 is 0. The minimum Gasteiger partial charge on any atom is -0.453 e. The number of esters is 1. The first kappa shape index (κ1) is 24.2. The maximum absolute atomic E-state index is 13.3. The molecule has 0 radical (unpaired) electrons. The third-order valence-corrected chi connectivity index (χ3v) is 5.24. The van der Waals surface area contributed by atoms with Gasteiger partial charge in [0.25, 0.3) is 0 Å². The number of aryl methyl sites for hydroxylation is 1. The van der Waals surface area contributed by atoms with Gasteiger partial charge in [0.1, 0.15) is 5.60 Å². The number of carbonyl (C=O) groups excluding carboxylic acids is 4. The number of Topliss-reactive ketones (excluding diaryl/α,β-unsaturated/α-hetero) is 2. The number of hydrogen-bond acceptors (Lipinski definition) is 6. The van der Waals surface area contributed by atoms with Crippen molar-refractivity contribution in [3.8, 4) is 0 Å². The lowest BCUT2D eigenvalue weighted by Gasteiger charge is -2.24. The second-order valence-corrected chi connectivity index (χ2v) is 9.08. The molecule has 7 heteroatoms. The molecular formula is C26H29NO6. The second-order valence-electron chi connectivity index (χ2n) is 9.08. The normalized spacial score (nSPS) is 19.0. The summed E-state index contributed by atoms with van der Waals surface area (Å²) in [5.41, 5.74) is 1.01. The maximum Gasteiger partial charge on any atom is 0.408 e. The minimum atomic E-state index is -1.56. The van der Waals surface area contributed by atoms with Gasteiger partial charge in [-0.15, -0.1) is 0 Å². The Kier molecular flexibility index (Phi) is 7.63. The number of rotatable bonds is 8. The molecule has 7 nitrogen and oxygen atoms in total. The van der Waals surface area contributed by atoms with Crippen LogP contribution in [0.3, 0.4) is 0 Å². The number of cyclic esters (lactones) is 1. The van der Waals surface area contributed by atoms with E-state index in [1.165, 1.54) is 0 Å². The van der Waals surface area contributed by atoms with Gasteiger partial charge >= 0.3 is 12.1 Å². The number of alkyl carbamates (subject to hydrolysis) is 1. The zero-order chi connectivity index (χ0) is 24.0. The van der Waals surface area contributed by atoms with Gasteiger partial charge in [-0.2, -0.15) is 0 Å². The van der Waals surface area contributed by atoms with E-state index in [2.05, 4.69) is 5.32 Å². The molecule has 1 aliphatic rings. The molecule has 33 heavy (non-hydrogen) atoms. The highest BCUT2D eigenvalue weighted by Crippen LogP contribution is 2.24. The Morgan fingerprint density at radius 2 is 1.55 bits per heavy atom. The molecule has 0 aliphatic carbocycles. The van der Waals surface area contributed by atoms with Gasteiger partial charge in [0.15, 0.2) is 23.6 Å². The molecule has 1 aliphatic heterocycles. The molecule has 2 aromatic rings. The predicted octanol–water partition coefficient (Wildman–Crippen LogP) is 3.44. The van der Waals surface area contributed by atoms with E-state index in [0.717, 1.165) is 11.1 Å². The Morgan fingerprint density at radius 3 is 2.12 bits per heavy atom. The lowest BCUT2D eigenvalue weighted by molar-refractivity contribution is -0.147. The Hall–Kier alpha value is -3.48. The molecule has 0 spiro atoms. The first-order valence-corrected chi connectivity index (χ1v) is 11.0. The van der Waals surface area contributed by atoms with Crippen LogP contribution in [0.5, 0.6) is 0 Å². The summed E-state index contributed by atoms with van der Waals surface area (Å²) < 4.78 is 10.5. The number of hydrogen-bond donors (Lipinski definition) is 1. The van der Waals surface area contributed by atoms with Crippen molar-refractivity contribution in [3.05, 3.63) is 71.8 Å². The first-order chi connectivity index (χ1) is 15.6. The molecule has 1 N–H and O–H groups in total. The Morgan fingerprint density at radius 1 is 0.970 bits per heavy atom. The van der Waals surface area contributed by atoms with Crippen molar-refractivity contribution >= 4 is 23.6 Å². The Balaban J connectivity index is 1.73. The fourth-order valence-corrected chi connectivity index (χ4v) is 3.69. The minimum absolute atomic E-state index is 0.116. The van der Waals surface area contributed by atoms with E-state index < -0.39 is 47.3 Å². The Labute approximate surface area is 193 Å². The molecule has 174 valence electrons. The van der Waals surface area contributed by atoms with Gasteiger partial charge < -0.3 is 14.8 Å². The lowest BCUT2D eigenvalue weighted by Crippen LogP contribution is -2.49. The summed E-state index contributed by atoms with van der Waals surface area (Å²) in [5, 5.41) is 2.54. The van der Waals surface area contributed by atoms with Crippen LogP contribution in [0, 0.1) is 5.92 Å². The van der Waals surface area contributed by atoms with Gasteiger partial charge in [-0.05, 0) is 51.2 Å². The van der Waals surface area contributed by atoms with Gasteiger partial charge in [-0.25, -0.2) is 4.79 Å². The fourth-order valence-electron chi connectivity index (χ4n) is 3.69. The number of nitrogens with one attached hydrogen (secondary N) is 1. The third kappa shape index (κ3) is 6.75. The van der Waals surface area contributed by atoms with Gasteiger partial charge in [0.2, 0.25) is 0 Å². The van der Waals surface area contributed by atoms with Crippen LogP contribution in [-0.2, 0) is 36.7 Å². The van der Waals surface area contributed by atoms with Crippen LogP contribution >= 0.6 is 0 Å². The van der Waals surface area contributed by atoms with Crippen molar-refractivity contribution in [2.45, 2.75) is 57.8 Å². The molecular weight excluding hydrogens is 422 g/mol. The molecule has 0 bridgehead atoms. The van der Waals surface area contributed by atoms with E-state index in [-0.39, 0.29) is 6.42 Å². The number of ether oxygens (including phenoxy) is 2. The predicted molar refractivity (Wildman–Crippen MR) is 121 cm³/mol. The molecule has 3 rings (SSSR count). The number of benzene rings is 2. The highest BCUT2D eigenvalue weighted by Gasteiger charge is 2.49. The highest BCUT2D eigenvalue weighted by molar-refractivity contribution is 6.23. The quantitative estimate of drug-likeness (QED) is 0.488. The molecule has 1 saturated heterocycles. The van der Waals surface area contributed by atoms with E-state index in [4.69, 9.17) is 9.47 Å². The molecule has 3 unspecified atom stereocenters. The number of carbonyl (C=O) groups is 4. The van der Waals surface area contributed by atoms with Crippen molar-refractivity contribution in [1.29, 1.82) is 0 Å². The average Bonchev–Trinajstić information content (AvgIpc) is 3.04. The first-order valence-electron chi connectivity index (χ1n) is 11.0. The number of ketones is 2. The second kappa shape index (κ2) is 10.4. The van der Waals surface area contributed by atoms with E-state index in [1.54, 1.807) is 45.0 Å². The van der Waals surface area contributed by atoms with Gasteiger partial charge in [-0.1, -0.05) is 60.7 Å². The monoisotopic (exact) mass is 451 g/mol. The summed E-state index contributed by atoms with van der Waals surface area (Å²) in [5.74, 6) is -3.69. The molecule has 1 heterocycles. The van der Waals surface area contributed by atoms with Crippen LogP contribution in [-0.4, -0.2) is 41.4 Å². The van der Waals surface area contributed by atoms with Gasteiger partial charge in [-0.3, -0.25) is 14.4 Å². The number of amides is 1. The molecule has 0 aromatic heterocycles. The smallest absolute Gasteiger partial charge is 0.408 e. The van der Waals surface area contributed by atoms with Crippen LogP contribution in [0.4, 0.5) is 4.79 Å². The van der Waals surface area contributed by atoms with E-state index in [1.807, 2.05) is 36.4 Å². The van der Waals surface area contributed by atoms with Crippen molar-refractivity contribution in [3.63, 3.8) is 0 Å². The molecule has 0 saturated carbocycles. The van der Waals surface area contributed by atoms with E-state index in [0.29, 0.717) is 12.8 Å². The standard InChI is InChI=1S/C26H29NO6/c1-26(2,3)33-25(31)27-19(16-18-12-8-5-9-13-18)22(28)21-23(29)20(32-24(21)30)15-14-17-10-6-4-7-11-17/h4-13,19-21H,14-16H2,1-3H3,(H,27,31). The zero-order valence-electron chi connectivity index (χ0n) is 19.1. The van der Waals surface area contributed by atoms with Crippen molar-refractivity contribution in [1.82, 2.24) is 5.32 Å². The molecule has 2 aromatic carbocycles. The molecule has 1 fully saturated rings. The summed E-state index contributed by atoms with van der Waals surface area (Å²) in [7, 11) is 0. The van der Waals surface area contributed by atoms with Gasteiger partial charge in [0.05, 0.1) is 6.04 Å². The van der Waals surface area contributed by atoms with E-state index in [9.17, 15) is 19.2 Å². The van der Waals surface area contributed by atoms with Crippen LogP contribution in [0.15, 0.2) is 60.7 Å². The maximum atomic E-state index is 13.3. The van der Waals surface area contributed by atoms with Crippen molar-refractivity contribution < 1.29 is 28.7 Å². The van der Waals surface area contributed by atoms with Crippen molar-refractivity contribution in [2.75, 3.05) is 0 Å². The molecule has 3 atom stereocenters. The SMILES string of the molecule is CC(C)(C)OC(=O)NC(Cc1ccccc1)C(=O)C1C(=O)OC(CCc2ccccc2)C1=O. The van der Waals surface area contributed by atoms with Crippen LogP contribution < -0.4 is 5.32 Å². The lowest BCUT2D eigenvalue weighted by atomic mass is 9.89. The summed E-state index contributed by atoms with van der Waals surface area (Å²) in [6.45, 7) is 5.11. The summed E-state index contributed by atoms with van der Waals surface area (Å²) in [6, 6.07) is 17.4. The third-order valence-electron chi connectivity index (χ3n) is 5.24. The van der Waals surface area contributed by atoms with E-state index >= 15 is 0 Å². The van der Waals surface area contributed by atoms with Crippen molar-refractivity contribution in [2.24, 2.45) is 5.92 Å². The van der Waals surface area contributed by atoms with Crippen LogP contribution in [0.2, 0.25) is 0 Å². The summed E-state index contributed by atoms with van der Waals surface area (Å²) in [4.78, 5) is 51.1. The topological polar surface area (TPSA) is 98.8 Å². The Bertz CT molecular complexity index is 996.